The molecular formula is C7H9N3O4S3. The van der Waals surface area contributed by atoms with Crippen molar-refractivity contribution in [3.63, 3.8) is 0 Å². The lowest BCUT2D eigenvalue weighted by Gasteiger charge is -2.07. The van der Waals surface area contributed by atoms with Crippen LogP contribution in [0, 0.1) is 0 Å². The first-order valence-electron chi connectivity index (χ1n) is 4.11. The molecule has 7 nitrogen and oxygen atoms in total. The molecule has 17 heavy (non-hydrogen) atoms. The third kappa shape index (κ3) is 3.36. The van der Waals surface area contributed by atoms with E-state index in [0.29, 0.717) is 0 Å². The Hall–Kier alpha value is -1.23. The quantitative estimate of drug-likeness (QED) is 0.392. The Morgan fingerprint density at radius 1 is 1.59 bits per heavy atom. The number of nitrogens with two attached hydrogens (primary N) is 1. The summed E-state index contributed by atoms with van der Waals surface area (Å²) < 4.78 is 28.0. The zero-order chi connectivity index (χ0) is 13.1. The molecule has 0 aliphatic heterocycles. The van der Waals surface area contributed by atoms with Gasteiger partial charge in [-0.1, -0.05) is 0 Å². The van der Waals surface area contributed by atoms with Gasteiger partial charge in [0.2, 0.25) is 0 Å². The Balaban J connectivity index is 3.03. The maximum atomic E-state index is 11.7. The number of methoxy groups -OCH3 is 1. The molecule has 4 N–H and O–H groups in total. The molecule has 1 aromatic rings. The number of thiophene rings is 1. The van der Waals surface area contributed by atoms with Crippen LogP contribution in [-0.2, 0) is 14.8 Å². The van der Waals surface area contributed by atoms with Crippen molar-refractivity contribution < 1.29 is 17.9 Å². The minimum absolute atomic E-state index is 0.0234. The summed E-state index contributed by atoms with van der Waals surface area (Å²) in [5, 5.41) is 1.23. The summed E-state index contributed by atoms with van der Waals surface area (Å²) in [6.45, 7) is 0. The predicted molar refractivity (Wildman–Crippen MR) is 65.9 cm³/mol. The largest absolute Gasteiger partial charge is 0.465 e. The molecule has 0 saturated heterocycles. The van der Waals surface area contributed by atoms with Gasteiger partial charge in [-0.3, -0.25) is 5.43 Å². The number of thiocarbonyl (C=S) groups is 1. The molecule has 0 aliphatic carbocycles. The molecule has 10 heteroatoms. The van der Waals surface area contributed by atoms with Gasteiger partial charge in [0.15, 0.2) is 5.11 Å². The Bertz CT molecular complexity index is 536. The molecule has 0 amide bonds. The van der Waals surface area contributed by atoms with E-state index in [1.807, 2.05) is 4.83 Å². The second kappa shape index (κ2) is 5.40. The minimum Gasteiger partial charge on any atom is -0.465 e. The molecule has 0 fully saturated rings. The van der Waals surface area contributed by atoms with Crippen LogP contribution in [0.25, 0.3) is 0 Å². The van der Waals surface area contributed by atoms with Crippen molar-refractivity contribution in [1.29, 1.82) is 0 Å². The number of carbonyl (C=O) groups is 1. The molecule has 0 bridgehead atoms. The number of sulfonamides is 1. The van der Waals surface area contributed by atoms with Gasteiger partial charge in [0.05, 0.1) is 7.11 Å². The van der Waals surface area contributed by atoms with Crippen LogP contribution in [0.3, 0.4) is 0 Å². The van der Waals surface area contributed by atoms with Crippen molar-refractivity contribution in [2.45, 2.75) is 4.90 Å². The van der Waals surface area contributed by atoms with E-state index < -0.39 is 16.0 Å². The first kappa shape index (κ1) is 13.8. The molecule has 0 aromatic carbocycles. The lowest BCUT2D eigenvalue weighted by molar-refractivity contribution is 0.0602. The fraction of sp³-hybridized carbons (Fsp3) is 0.143. The highest BCUT2D eigenvalue weighted by molar-refractivity contribution is 7.89. The Morgan fingerprint density at radius 2 is 2.24 bits per heavy atom. The van der Waals surface area contributed by atoms with E-state index >= 15 is 0 Å². The first-order chi connectivity index (χ1) is 7.88. The topological polar surface area (TPSA) is 111 Å². The lowest BCUT2D eigenvalue weighted by Crippen LogP contribution is -2.44. The maximum absolute atomic E-state index is 11.7. The molecule has 94 valence electrons. The number of nitrogens with one attached hydrogen (secondary N) is 2. The zero-order valence-corrected chi connectivity index (χ0v) is 11.0. The highest BCUT2D eigenvalue weighted by atomic mass is 32.2. The van der Waals surface area contributed by atoms with Crippen LogP contribution in [0.1, 0.15) is 9.67 Å². The second-order valence-electron chi connectivity index (χ2n) is 2.70. The zero-order valence-electron chi connectivity index (χ0n) is 8.59. The molecular weight excluding hydrogens is 286 g/mol. The van der Waals surface area contributed by atoms with Crippen LogP contribution >= 0.6 is 23.6 Å². The van der Waals surface area contributed by atoms with Gasteiger partial charge >= 0.3 is 5.97 Å². The highest BCUT2D eigenvalue weighted by Gasteiger charge is 2.24. The van der Waals surface area contributed by atoms with Crippen molar-refractivity contribution in [3.8, 4) is 0 Å². The molecule has 1 heterocycles. The molecule has 0 aliphatic rings. The molecule has 1 aromatic heterocycles. The molecule has 1 rings (SSSR count). The molecule has 0 unspecified atom stereocenters. The number of ether oxygens (including phenoxy) is 1. The van der Waals surface area contributed by atoms with Gasteiger partial charge in [0.1, 0.15) is 9.77 Å². The summed E-state index contributed by atoms with van der Waals surface area (Å²) >= 11 is 5.41. The van der Waals surface area contributed by atoms with Gasteiger partial charge in [-0.25, -0.2) is 13.2 Å². The van der Waals surface area contributed by atoms with Crippen LogP contribution < -0.4 is 16.0 Å². The van der Waals surface area contributed by atoms with Gasteiger partial charge < -0.3 is 10.5 Å². The van der Waals surface area contributed by atoms with Gasteiger partial charge in [0.25, 0.3) is 10.0 Å². The SMILES string of the molecule is COC(=O)c1sccc1S(=O)(=O)NNC(N)=S. The molecule has 0 atom stereocenters. The average molecular weight is 295 g/mol. The number of carbonyl (C=O) groups excluding carboxylic acids is 1. The van der Waals surface area contributed by atoms with Gasteiger partial charge in [-0.05, 0) is 23.7 Å². The number of hydrazine groups is 1. The molecule has 0 saturated carbocycles. The van der Waals surface area contributed by atoms with Crippen molar-refractivity contribution in [2.24, 2.45) is 5.73 Å². The third-order valence-corrected chi connectivity index (χ3v) is 4.01. The summed E-state index contributed by atoms with van der Waals surface area (Å²) in [6, 6.07) is 1.28. The number of rotatable bonds is 4. The summed E-state index contributed by atoms with van der Waals surface area (Å²) in [7, 11) is -2.75. The summed E-state index contributed by atoms with van der Waals surface area (Å²) in [5.41, 5.74) is 7.16. The van der Waals surface area contributed by atoms with Crippen molar-refractivity contribution >= 4 is 44.7 Å². The molecule has 0 radical (unpaired) electrons. The van der Waals surface area contributed by atoms with Crippen LogP contribution in [0.4, 0.5) is 0 Å². The summed E-state index contributed by atoms with van der Waals surface area (Å²) in [4.78, 5) is 13.0. The van der Waals surface area contributed by atoms with Crippen LogP contribution in [-0.4, -0.2) is 26.6 Å². The standard InChI is InChI=1S/C7H9N3O4S3/c1-14-6(11)5-4(2-3-16-5)17(12,13)10-9-7(8)15/h2-3,10H,1H3,(H3,8,9,15). The maximum Gasteiger partial charge on any atom is 0.349 e. The predicted octanol–water partition coefficient (Wildman–Crippen LogP) is -0.439. The van der Waals surface area contributed by atoms with Crippen LogP contribution in [0.5, 0.6) is 0 Å². The van der Waals surface area contributed by atoms with Crippen LogP contribution in [0.15, 0.2) is 16.3 Å². The van der Waals surface area contributed by atoms with Crippen molar-refractivity contribution in [3.05, 3.63) is 16.3 Å². The van der Waals surface area contributed by atoms with E-state index in [2.05, 4.69) is 22.4 Å². The van der Waals surface area contributed by atoms with Gasteiger partial charge in [-0.2, -0.15) is 0 Å². The Morgan fingerprint density at radius 3 is 2.76 bits per heavy atom. The number of esters is 1. The third-order valence-electron chi connectivity index (χ3n) is 1.60. The second-order valence-corrected chi connectivity index (χ2v) is 5.71. The normalized spacial score (nSPS) is 10.9. The molecule has 0 spiro atoms. The van der Waals surface area contributed by atoms with Crippen molar-refractivity contribution in [1.82, 2.24) is 10.3 Å². The minimum atomic E-state index is -3.92. The highest BCUT2D eigenvalue weighted by Crippen LogP contribution is 2.22. The van der Waals surface area contributed by atoms with E-state index in [9.17, 15) is 13.2 Å². The van der Waals surface area contributed by atoms with E-state index in [4.69, 9.17) is 5.73 Å². The fourth-order valence-corrected chi connectivity index (χ4v) is 3.23. The first-order valence-corrected chi connectivity index (χ1v) is 6.88. The fourth-order valence-electron chi connectivity index (χ4n) is 0.923. The van der Waals surface area contributed by atoms with Crippen molar-refractivity contribution in [2.75, 3.05) is 7.11 Å². The van der Waals surface area contributed by atoms with E-state index in [0.717, 1.165) is 11.3 Å². The number of hydrogen-bond acceptors (Lipinski definition) is 6. The van der Waals surface area contributed by atoms with Gasteiger partial charge in [0, 0.05) is 0 Å². The van der Waals surface area contributed by atoms with E-state index in [1.165, 1.54) is 18.6 Å². The number of hydrogen-bond donors (Lipinski definition) is 3. The lowest BCUT2D eigenvalue weighted by atomic mass is 10.5. The monoisotopic (exact) mass is 295 g/mol. The summed E-state index contributed by atoms with van der Waals surface area (Å²) in [5.74, 6) is -0.726. The Labute approximate surface area is 107 Å². The average Bonchev–Trinajstić information content (AvgIpc) is 2.75. The Kier molecular flexibility index (Phi) is 4.40. The van der Waals surface area contributed by atoms with E-state index in [-0.39, 0.29) is 14.9 Å². The van der Waals surface area contributed by atoms with Crippen LogP contribution in [0.2, 0.25) is 0 Å². The van der Waals surface area contributed by atoms with Gasteiger partial charge in [-0.15, -0.1) is 16.2 Å². The van der Waals surface area contributed by atoms with E-state index in [1.54, 1.807) is 0 Å². The summed E-state index contributed by atoms with van der Waals surface area (Å²) in [6.07, 6.45) is 0. The smallest absolute Gasteiger partial charge is 0.349 e.